The van der Waals surface area contributed by atoms with Crippen LogP contribution in [0.15, 0.2) is 52.0 Å². The molecule has 1 fully saturated rings. The normalized spacial score (nSPS) is 34.5. The fraction of sp³-hybridized carbons (Fsp3) is 0.552. The van der Waals surface area contributed by atoms with E-state index in [9.17, 15) is 10.2 Å². The van der Waals surface area contributed by atoms with Crippen LogP contribution in [0.1, 0.15) is 63.3 Å². The van der Waals surface area contributed by atoms with Gasteiger partial charge in [-0.15, -0.1) is 0 Å². The number of benzene rings is 1. The highest BCUT2D eigenvalue weighted by molar-refractivity contribution is 5.82. The van der Waals surface area contributed by atoms with Gasteiger partial charge in [0, 0.05) is 18.3 Å². The molecule has 0 bridgehead atoms. The van der Waals surface area contributed by atoms with Crippen LogP contribution < -0.4 is 5.32 Å². The second-order valence-corrected chi connectivity index (χ2v) is 10.9. The van der Waals surface area contributed by atoms with E-state index in [-0.39, 0.29) is 17.4 Å². The van der Waals surface area contributed by atoms with E-state index in [2.05, 4.69) is 47.6 Å². The van der Waals surface area contributed by atoms with Gasteiger partial charge in [-0.25, -0.2) is 4.98 Å². The van der Waals surface area contributed by atoms with Crippen molar-refractivity contribution in [2.24, 2.45) is 17.3 Å². The molecule has 2 aromatic rings. The minimum atomic E-state index is -0.798. The maximum Gasteiger partial charge on any atom is 0.192 e. The maximum atomic E-state index is 12.1. The second-order valence-electron chi connectivity index (χ2n) is 10.9. The van der Waals surface area contributed by atoms with Crippen molar-refractivity contribution in [2.75, 3.05) is 14.1 Å². The molecule has 0 spiro atoms. The molecule has 0 aliphatic heterocycles. The van der Waals surface area contributed by atoms with E-state index >= 15 is 0 Å². The van der Waals surface area contributed by atoms with Gasteiger partial charge < -0.3 is 19.9 Å². The number of rotatable bonds is 1. The molecule has 6 rings (SSSR count). The lowest BCUT2D eigenvalue weighted by Crippen LogP contribution is -2.48. The molecule has 1 heterocycles. The quantitative estimate of drug-likeness (QED) is 0.534. The Labute approximate surface area is 202 Å². The molecule has 1 aromatic carbocycles. The summed E-state index contributed by atoms with van der Waals surface area (Å²) in [6, 6.07) is 6.31. The molecule has 5 heteroatoms. The molecule has 5 atom stereocenters. The van der Waals surface area contributed by atoms with Gasteiger partial charge in [0.05, 0.1) is 11.7 Å². The average molecular weight is 463 g/mol. The van der Waals surface area contributed by atoms with Crippen LogP contribution in [0, 0.1) is 24.2 Å². The van der Waals surface area contributed by atoms with E-state index in [1.807, 2.05) is 27.1 Å². The summed E-state index contributed by atoms with van der Waals surface area (Å²) in [6.07, 6.45) is 13.0. The molecular formula is C29H38N2O3. The molecule has 182 valence electrons. The summed E-state index contributed by atoms with van der Waals surface area (Å²) in [5.74, 6) is 1.37. The first-order valence-corrected chi connectivity index (χ1v) is 12.8. The Bertz CT molecular complexity index is 1180. The molecular weight excluding hydrogens is 424 g/mol. The van der Waals surface area contributed by atoms with Gasteiger partial charge in [0.1, 0.15) is 5.52 Å². The number of aliphatic hydroxyl groups excluding tert-OH is 1. The standard InChI is InChI=1S/C27H31NO3.C2H7N/c1-16-28-23-7-4-18(15-24(23)31-16)22-6-8-25-26(22,2)11-10-20-13-19-14-21(29)5-3-17(19)9-12-27(20,25)30;1-3-2/h4,6-7,10,13,15,17,21,25,29-30H,3,5,8-9,11-12,14H2,1-2H3;3H,1-2H3/t17?,21?,25?,26?,27-;/m1./s1. The van der Waals surface area contributed by atoms with Gasteiger partial charge in [-0.1, -0.05) is 36.8 Å². The van der Waals surface area contributed by atoms with Gasteiger partial charge in [-0.2, -0.15) is 0 Å². The highest BCUT2D eigenvalue weighted by Gasteiger charge is 2.55. The summed E-state index contributed by atoms with van der Waals surface area (Å²) in [5.41, 5.74) is 5.77. The predicted molar refractivity (Wildman–Crippen MR) is 136 cm³/mol. The zero-order chi connectivity index (χ0) is 24.1. The summed E-state index contributed by atoms with van der Waals surface area (Å²) < 4.78 is 5.79. The van der Waals surface area contributed by atoms with Crippen molar-refractivity contribution < 1.29 is 14.6 Å². The van der Waals surface area contributed by atoms with Crippen LogP contribution in [-0.2, 0) is 0 Å². The molecule has 4 unspecified atom stereocenters. The molecule has 4 aliphatic rings. The molecule has 0 amide bonds. The second kappa shape index (κ2) is 8.78. The maximum absolute atomic E-state index is 12.1. The lowest BCUT2D eigenvalue weighted by Gasteiger charge is -2.48. The monoisotopic (exact) mass is 462 g/mol. The van der Waals surface area contributed by atoms with Crippen molar-refractivity contribution in [3.05, 3.63) is 59.0 Å². The summed E-state index contributed by atoms with van der Waals surface area (Å²) in [6.45, 7) is 4.21. The lowest BCUT2D eigenvalue weighted by atomic mass is 9.58. The molecule has 3 N–H and O–H groups in total. The van der Waals surface area contributed by atoms with Gasteiger partial charge in [-0.05, 0) is 93.8 Å². The summed E-state index contributed by atoms with van der Waals surface area (Å²) in [4.78, 5) is 4.44. The Morgan fingerprint density at radius 3 is 2.74 bits per heavy atom. The van der Waals surface area contributed by atoms with Gasteiger partial charge >= 0.3 is 0 Å². The first kappa shape index (κ1) is 23.5. The van der Waals surface area contributed by atoms with Crippen LogP contribution in [-0.4, -0.2) is 41.0 Å². The SMILES string of the molecule is CNC.Cc1nc2ccc(C3=CCC4C3(C)CC=C3C=C5CC(O)CCC5CC[C@@]34O)cc2o1. The number of allylic oxidation sites excluding steroid dienone is 3. The zero-order valence-corrected chi connectivity index (χ0v) is 20.9. The smallest absolute Gasteiger partial charge is 0.192 e. The average Bonchev–Trinajstić information content (AvgIpc) is 3.30. The molecule has 34 heavy (non-hydrogen) atoms. The topological polar surface area (TPSA) is 78.5 Å². The third kappa shape index (κ3) is 3.78. The van der Waals surface area contributed by atoms with Crippen LogP contribution in [0.25, 0.3) is 16.7 Å². The van der Waals surface area contributed by atoms with Crippen molar-refractivity contribution in [1.82, 2.24) is 10.3 Å². The largest absolute Gasteiger partial charge is 0.441 e. The van der Waals surface area contributed by atoms with Gasteiger partial charge in [-0.3, -0.25) is 0 Å². The Hall–Kier alpha value is -2.21. The molecule has 1 aromatic heterocycles. The van der Waals surface area contributed by atoms with E-state index in [0.717, 1.165) is 61.6 Å². The number of aromatic nitrogens is 1. The summed E-state index contributed by atoms with van der Waals surface area (Å²) in [7, 11) is 3.75. The highest BCUT2D eigenvalue weighted by Crippen LogP contribution is 2.61. The van der Waals surface area contributed by atoms with Gasteiger partial charge in [0.15, 0.2) is 11.5 Å². The number of aliphatic hydroxyl groups is 2. The third-order valence-electron chi connectivity index (χ3n) is 8.63. The van der Waals surface area contributed by atoms with Gasteiger partial charge in [0.2, 0.25) is 0 Å². The Morgan fingerprint density at radius 2 is 1.94 bits per heavy atom. The van der Waals surface area contributed by atoms with E-state index in [0.29, 0.717) is 11.8 Å². The van der Waals surface area contributed by atoms with E-state index < -0.39 is 5.60 Å². The molecule has 0 radical (unpaired) electrons. The zero-order valence-electron chi connectivity index (χ0n) is 20.9. The molecule has 1 saturated carbocycles. The van der Waals surface area contributed by atoms with Crippen molar-refractivity contribution >= 4 is 16.7 Å². The summed E-state index contributed by atoms with van der Waals surface area (Å²) >= 11 is 0. The first-order chi connectivity index (χ1) is 16.3. The van der Waals surface area contributed by atoms with Crippen LogP contribution in [0.5, 0.6) is 0 Å². The van der Waals surface area contributed by atoms with Crippen molar-refractivity contribution in [2.45, 2.75) is 70.5 Å². The minimum absolute atomic E-state index is 0.103. The molecule has 0 saturated heterocycles. The summed E-state index contributed by atoms with van der Waals surface area (Å²) in [5, 5.41) is 25.1. The number of aryl methyl sites for hydroxylation is 1. The Balaban J connectivity index is 0.000000764. The minimum Gasteiger partial charge on any atom is -0.441 e. The fourth-order valence-corrected chi connectivity index (χ4v) is 6.97. The predicted octanol–water partition coefficient (Wildman–Crippen LogP) is 5.32. The van der Waals surface area contributed by atoms with Crippen molar-refractivity contribution in [3.63, 3.8) is 0 Å². The van der Waals surface area contributed by atoms with E-state index in [1.54, 1.807) is 0 Å². The van der Waals surface area contributed by atoms with Crippen LogP contribution in [0.4, 0.5) is 0 Å². The van der Waals surface area contributed by atoms with Gasteiger partial charge in [0.25, 0.3) is 0 Å². The number of nitrogens with zero attached hydrogens (tertiary/aromatic N) is 1. The number of nitrogens with one attached hydrogen (secondary N) is 1. The molecule has 4 aliphatic carbocycles. The third-order valence-corrected chi connectivity index (χ3v) is 8.63. The number of hydrogen-bond donors (Lipinski definition) is 3. The molecule has 5 nitrogen and oxygen atoms in total. The Kier molecular flexibility index (Phi) is 6.07. The highest BCUT2D eigenvalue weighted by atomic mass is 16.3. The first-order valence-electron chi connectivity index (χ1n) is 12.8. The van der Waals surface area contributed by atoms with Crippen LogP contribution in [0.3, 0.4) is 0 Å². The van der Waals surface area contributed by atoms with Crippen molar-refractivity contribution in [3.8, 4) is 0 Å². The lowest BCUT2D eigenvalue weighted by molar-refractivity contribution is -0.0330. The van der Waals surface area contributed by atoms with Crippen LogP contribution >= 0.6 is 0 Å². The van der Waals surface area contributed by atoms with Crippen molar-refractivity contribution in [1.29, 1.82) is 0 Å². The van der Waals surface area contributed by atoms with E-state index in [1.165, 1.54) is 16.7 Å². The van der Waals surface area contributed by atoms with Crippen LogP contribution in [0.2, 0.25) is 0 Å². The number of oxazole rings is 1. The number of fused-ring (bicyclic) bond motifs is 5. The number of hydrogen-bond acceptors (Lipinski definition) is 5. The Morgan fingerprint density at radius 1 is 1.15 bits per heavy atom. The fourth-order valence-electron chi connectivity index (χ4n) is 6.97. The van der Waals surface area contributed by atoms with E-state index in [4.69, 9.17) is 4.42 Å².